The fourth-order valence-electron chi connectivity index (χ4n) is 3.00. The summed E-state index contributed by atoms with van der Waals surface area (Å²) in [6.07, 6.45) is 6.10. The molecule has 2 amide bonds. The van der Waals surface area contributed by atoms with Gasteiger partial charge in [0.1, 0.15) is 6.04 Å². The molecule has 0 aliphatic carbocycles. The molecule has 0 fully saturated rings. The van der Waals surface area contributed by atoms with Crippen molar-refractivity contribution in [2.75, 3.05) is 6.54 Å². The van der Waals surface area contributed by atoms with E-state index in [9.17, 15) is 19.5 Å². The number of carboxylic acids is 1. The number of hydrogen-bond acceptors (Lipinski definition) is 3. The minimum Gasteiger partial charge on any atom is -0.480 e. The Labute approximate surface area is 193 Å². The van der Waals surface area contributed by atoms with Gasteiger partial charge in [0.25, 0.3) is 0 Å². The highest BCUT2D eigenvalue weighted by molar-refractivity contribution is 14.1. The van der Waals surface area contributed by atoms with Crippen LogP contribution in [0.5, 0.6) is 0 Å². The highest BCUT2D eigenvalue weighted by Gasteiger charge is 2.19. The van der Waals surface area contributed by atoms with Crippen LogP contribution in [0.2, 0.25) is 0 Å². The molecule has 6 nitrogen and oxygen atoms in total. The number of carboxylic acid groups (broad SMARTS) is 1. The van der Waals surface area contributed by atoms with E-state index >= 15 is 0 Å². The number of carbonyl (C=O) groups excluding carboxylic acids is 2. The van der Waals surface area contributed by atoms with Gasteiger partial charge in [-0.15, -0.1) is 0 Å². The lowest BCUT2D eigenvalue weighted by Gasteiger charge is -2.15. The van der Waals surface area contributed by atoms with Crippen molar-refractivity contribution in [3.05, 3.63) is 33.4 Å². The summed E-state index contributed by atoms with van der Waals surface area (Å²) in [6, 6.07) is 7.57. The Bertz CT molecular complexity index is 662. The van der Waals surface area contributed by atoms with Crippen LogP contribution < -0.4 is 10.6 Å². The number of benzene rings is 1. The summed E-state index contributed by atoms with van der Waals surface area (Å²) in [5.74, 6) is -0.779. The molecule has 1 rings (SSSR count). The minimum absolute atomic E-state index is 0.0365. The first-order valence-electron chi connectivity index (χ1n) is 10.8. The van der Waals surface area contributed by atoms with Crippen molar-refractivity contribution < 1.29 is 19.5 Å². The van der Waals surface area contributed by atoms with Gasteiger partial charge in [-0.05, 0) is 91.2 Å². The van der Waals surface area contributed by atoms with Gasteiger partial charge in [-0.2, -0.15) is 0 Å². The zero-order valence-electron chi connectivity index (χ0n) is 18.1. The largest absolute Gasteiger partial charge is 0.480 e. The number of aliphatic carboxylic acids is 1. The first kappa shape index (κ1) is 26.4. The summed E-state index contributed by atoms with van der Waals surface area (Å²) in [4.78, 5) is 35.1. The van der Waals surface area contributed by atoms with Crippen molar-refractivity contribution in [3.8, 4) is 0 Å². The molecule has 0 heterocycles. The summed E-state index contributed by atoms with van der Waals surface area (Å²) in [5.41, 5.74) is 1.29. The van der Waals surface area contributed by atoms with Gasteiger partial charge in [0.2, 0.25) is 11.8 Å². The van der Waals surface area contributed by atoms with E-state index in [0.717, 1.165) is 25.7 Å². The van der Waals surface area contributed by atoms with Crippen LogP contribution in [0.1, 0.15) is 70.8 Å². The summed E-state index contributed by atoms with van der Waals surface area (Å²) >= 11 is 2.29. The topological polar surface area (TPSA) is 95.5 Å². The van der Waals surface area contributed by atoms with Crippen LogP contribution in [0.15, 0.2) is 24.3 Å². The van der Waals surface area contributed by atoms with E-state index in [1.54, 1.807) is 0 Å². The lowest BCUT2D eigenvalue weighted by Crippen LogP contribution is -2.40. The van der Waals surface area contributed by atoms with Gasteiger partial charge in [0, 0.05) is 23.0 Å². The van der Waals surface area contributed by atoms with Gasteiger partial charge < -0.3 is 15.7 Å². The third-order valence-electron chi connectivity index (χ3n) is 4.86. The molecule has 168 valence electrons. The fourth-order valence-corrected chi connectivity index (χ4v) is 3.36. The smallest absolute Gasteiger partial charge is 0.326 e. The molecule has 0 radical (unpaired) electrons. The predicted octanol–water partition coefficient (Wildman–Crippen LogP) is 4.30. The highest BCUT2D eigenvalue weighted by atomic mass is 127. The Kier molecular flexibility index (Phi) is 13.4. The maximum atomic E-state index is 11.9. The molecule has 0 aliphatic heterocycles. The molecular formula is C23H35IN2O4. The number of hydrogen-bond donors (Lipinski definition) is 3. The molecule has 30 heavy (non-hydrogen) atoms. The normalized spacial score (nSPS) is 11.9. The van der Waals surface area contributed by atoms with Gasteiger partial charge in [-0.3, -0.25) is 9.59 Å². The number of nitrogens with one attached hydrogen (secondary N) is 2. The van der Waals surface area contributed by atoms with Crippen LogP contribution >= 0.6 is 22.6 Å². The van der Waals surface area contributed by atoms with Crippen LogP contribution in [-0.2, 0) is 20.8 Å². The third kappa shape index (κ3) is 12.8. The molecule has 0 saturated heterocycles. The molecule has 0 spiro atoms. The third-order valence-corrected chi connectivity index (χ3v) is 5.58. The van der Waals surface area contributed by atoms with Crippen LogP contribution in [0.4, 0.5) is 0 Å². The second-order valence-electron chi connectivity index (χ2n) is 8.07. The zero-order chi connectivity index (χ0) is 22.4. The Morgan fingerprint density at radius 1 is 0.933 bits per heavy atom. The van der Waals surface area contributed by atoms with E-state index in [4.69, 9.17) is 0 Å². The molecule has 1 aromatic rings. The van der Waals surface area contributed by atoms with Crippen molar-refractivity contribution in [2.45, 2.75) is 77.7 Å². The molecular weight excluding hydrogens is 495 g/mol. The number of amides is 2. The minimum atomic E-state index is -1.01. The lowest BCUT2D eigenvalue weighted by molar-refractivity contribution is -0.142. The van der Waals surface area contributed by atoms with Crippen molar-refractivity contribution >= 4 is 40.4 Å². The van der Waals surface area contributed by atoms with Crippen molar-refractivity contribution in [3.63, 3.8) is 0 Å². The Hall–Kier alpha value is -1.64. The van der Waals surface area contributed by atoms with Crippen molar-refractivity contribution in [1.29, 1.82) is 0 Å². The highest BCUT2D eigenvalue weighted by Crippen LogP contribution is 2.10. The van der Waals surface area contributed by atoms with Crippen LogP contribution in [0.25, 0.3) is 0 Å². The van der Waals surface area contributed by atoms with Gasteiger partial charge in [-0.1, -0.05) is 26.0 Å². The molecule has 0 aromatic heterocycles. The van der Waals surface area contributed by atoms with E-state index in [1.807, 2.05) is 13.8 Å². The second-order valence-corrected chi connectivity index (χ2v) is 9.32. The molecule has 0 aliphatic rings. The van der Waals surface area contributed by atoms with E-state index < -0.39 is 12.0 Å². The number of rotatable bonds is 15. The molecule has 7 heteroatoms. The maximum absolute atomic E-state index is 11.9. The van der Waals surface area contributed by atoms with Crippen molar-refractivity contribution in [1.82, 2.24) is 10.6 Å². The van der Waals surface area contributed by atoms with Crippen LogP contribution in [0.3, 0.4) is 0 Å². The Morgan fingerprint density at radius 2 is 1.63 bits per heavy atom. The lowest BCUT2D eigenvalue weighted by atomic mass is 10.1. The number of aryl methyl sites for hydroxylation is 1. The molecule has 0 saturated carbocycles. The monoisotopic (exact) mass is 530 g/mol. The van der Waals surface area contributed by atoms with Crippen molar-refractivity contribution in [2.24, 2.45) is 5.92 Å². The average molecular weight is 530 g/mol. The molecule has 1 aromatic carbocycles. The quantitative estimate of drug-likeness (QED) is 0.233. The SMILES string of the molecule is CC(C)CCC(=O)N[C@@H](CCCCNC(=O)CCCCc1ccc(I)cc1)C(=O)O. The number of unbranched alkanes of at least 4 members (excludes halogenated alkanes) is 2. The first-order chi connectivity index (χ1) is 14.3. The van der Waals surface area contributed by atoms with Gasteiger partial charge in [0.15, 0.2) is 0 Å². The van der Waals surface area contributed by atoms with Crippen LogP contribution in [0, 0.1) is 9.49 Å². The van der Waals surface area contributed by atoms with E-state index in [1.165, 1.54) is 9.13 Å². The summed E-state index contributed by atoms with van der Waals surface area (Å²) < 4.78 is 1.22. The zero-order valence-corrected chi connectivity index (χ0v) is 20.2. The van der Waals surface area contributed by atoms with Gasteiger partial charge in [-0.25, -0.2) is 4.79 Å². The van der Waals surface area contributed by atoms with Crippen LogP contribution in [-0.4, -0.2) is 35.5 Å². The molecule has 1 atom stereocenters. The standard InChI is InChI=1S/C23H35IN2O4/c1-17(2)10-15-22(28)26-20(23(29)30)8-5-6-16-25-21(27)9-4-3-7-18-11-13-19(24)14-12-18/h11-14,17,20H,3-10,15-16H2,1-2H3,(H,25,27)(H,26,28)(H,29,30)/t20-/m0/s1. The first-order valence-corrected chi connectivity index (χ1v) is 11.9. The number of carbonyl (C=O) groups is 3. The molecule has 0 bridgehead atoms. The summed E-state index contributed by atoms with van der Waals surface area (Å²) in [6.45, 7) is 4.59. The average Bonchev–Trinajstić information content (AvgIpc) is 2.69. The Morgan fingerprint density at radius 3 is 2.27 bits per heavy atom. The van der Waals surface area contributed by atoms with Gasteiger partial charge in [0.05, 0.1) is 0 Å². The maximum Gasteiger partial charge on any atom is 0.326 e. The number of halogens is 1. The molecule has 0 unspecified atom stereocenters. The predicted molar refractivity (Wildman–Crippen MR) is 127 cm³/mol. The molecule has 3 N–H and O–H groups in total. The van der Waals surface area contributed by atoms with E-state index in [-0.39, 0.29) is 11.8 Å². The second kappa shape index (κ2) is 15.2. The van der Waals surface area contributed by atoms with E-state index in [0.29, 0.717) is 44.6 Å². The fraction of sp³-hybridized carbons (Fsp3) is 0.609. The summed E-state index contributed by atoms with van der Waals surface area (Å²) in [5, 5.41) is 14.8. The van der Waals surface area contributed by atoms with E-state index in [2.05, 4.69) is 57.5 Å². The summed E-state index contributed by atoms with van der Waals surface area (Å²) in [7, 11) is 0. The van der Waals surface area contributed by atoms with Gasteiger partial charge >= 0.3 is 5.97 Å². The Balaban J connectivity index is 2.11.